The number of nitrogens with two attached hydrogens (primary N) is 1. The Bertz CT molecular complexity index is 1080. The SMILES string of the molecule is Cc1ccc(-n2nc(C(=O)Nc3cccc(C)c3C(N)=O)c3c2CCC3)cc1. The molecule has 0 bridgehead atoms. The zero-order valence-electron chi connectivity index (χ0n) is 16.0. The van der Waals surface area contributed by atoms with Crippen molar-refractivity contribution >= 4 is 17.5 Å². The van der Waals surface area contributed by atoms with Crippen LogP contribution in [0.5, 0.6) is 0 Å². The molecule has 2 amide bonds. The maximum atomic E-state index is 13.0. The Hall–Kier alpha value is -3.41. The summed E-state index contributed by atoms with van der Waals surface area (Å²) in [5, 5.41) is 7.45. The number of hydrogen-bond acceptors (Lipinski definition) is 3. The van der Waals surface area contributed by atoms with Crippen molar-refractivity contribution in [3.8, 4) is 5.69 Å². The molecule has 6 heteroatoms. The second-order valence-electron chi connectivity index (χ2n) is 7.19. The zero-order chi connectivity index (χ0) is 19.8. The standard InChI is InChI=1S/C22H22N4O2/c1-13-9-11-15(12-10-13)26-18-8-4-6-16(18)20(25-26)22(28)24-17-7-3-5-14(2)19(17)21(23)27/h3,5,7,9-12H,4,6,8H2,1-2H3,(H2,23,27)(H,24,28). The summed E-state index contributed by atoms with van der Waals surface area (Å²) in [5.41, 5.74) is 11.5. The molecule has 1 aromatic heterocycles. The third-order valence-corrected chi connectivity index (χ3v) is 5.19. The number of primary amides is 1. The highest BCUT2D eigenvalue weighted by Crippen LogP contribution is 2.29. The van der Waals surface area contributed by atoms with Gasteiger partial charge in [0, 0.05) is 11.3 Å². The summed E-state index contributed by atoms with van der Waals surface area (Å²) in [6.45, 7) is 3.83. The van der Waals surface area contributed by atoms with Crippen LogP contribution >= 0.6 is 0 Å². The molecule has 0 unspecified atom stereocenters. The Kier molecular flexibility index (Phi) is 4.47. The monoisotopic (exact) mass is 374 g/mol. The molecule has 1 aliphatic rings. The van der Waals surface area contributed by atoms with Gasteiger partial charge in [-0.2, -0.15) is 5.10 Å². The number of benzene rings is 2. The van der Waals surface area contributed by atoms with Crippen molar-refractivity contribution in [1.29, 1.82) is 0 Å². The number of aryl methyl sites for hydroxylation is 2. The van der Waals surface area contributed by atoms with Crippen LogP contribution in [0.25, 0.3) is 5.69 Å². The van der Waals surface area contributed by atoms with E-state index in [-0.39, 0.29) is 5.91 Å². The lowest BCUT2D eigenvalue weighted by Crippen LogP contribution is -2.20. The van der Waals surface area contributed by atoms with Crippen LogP contribution in [-0.4, -0.2) is 21.6 Å². The average Bonchev–Trinajstić information content (AvgIpc) is 3.25. The smallest absolute Gasteiger partial charge is 0.276 e. The fourth-order valence-electron chi connectivity index (χ4n) is 3.80. The van der Waals surface area contributed by atoms with Gasteiger partial charge in [-0.05, 0) is 56.9 Å². The van der Waals surface area contributed by atoms with Crippen LogP contribution in [0.3, 0.4) is 0 Å². The highest BCUT2D eigenvalue weighted by atomic mass is 16.2. The minimum absolute atomic E-state index is 0.322. The third kappa shape index (κ3) is 3.07. The summed E-state index contributed by atoms with van der Waals surface area (Å²) in [6, 6.07) is 13.3. The maximum Gasteiger partial charge on any atom is 0.276 e. The first-order valence-corrected chi connectivity index (χ1v) is 9.34. The predicted octanol–water partition coefficient (Wildman–Crippen LogP) is 3.33. The molecule has 142 valence electrons. The van der Waals surface area contributed by atoms with Crippen LogP contribution in [0.4, 0.5) is 5.69 Å². The minimum Gasteiger partial charge on any atom is -0.366 e. The van der Waals surface area contributed by atoms with Crippen LogP contribution < -0.4 is 11.1 Å². The average molecular weight is 374 g/mol. The number of amides is 2. The number of carbonyl (C=O) groups is 2. The van der Waals surface area contributed by atoms with E-state index in [1.807, 2.05) is 35.9 Å². The Morgan fingerprint density at radius 1 is 1.07 bits per heavy atom. The molecule has 0 aliphatic heterocycles. The van der Waals surface area contributed by atoms with Crippen molar-refractivity contribution in [2.45, 2.75) is 33.1 Å². The van der Waals surface area contributed by atoms with Crippen LogP contribution in [0.15, 0.2) is 42.5 Å². The van der Waals surface area contributed by atoms with Gasteiger partial charge in [-0.3, -0.25) is 9.59 Å². The Labute approximate surface area is 163 Å². The maximum absolute atomic E-state index is 13.0. The van der Waals surface area contributed by atoms with E-state index in [1.54, 1.807) is 25.1 Å². The van der Waals surface area contributed by atoms with Gasteiger partial charge in [0.05, 0.1) is 16.9 Å². The summed E-state index contributed by atoms with van der Waals surface area (Å²) in [7, 11) is 0. The van der Waals surface area contributed by atoms with Crippen molar-refractivity contribution in [2.24, 2.45) is 5.73 Å². The fraction of sp³-hybridized carbons (Fsp3) is 0.227. The van der Waals surface area contributed by atoms with Crippen molar-refractivity contribution in [1.82, 2.24) is 9.78 Å². The van der Waals surface area contributed by atoms with Gasteiger partial charge in [-0.25, -0.2) is 4.68 Å². The highest BCUT2D eigenvalue weighted by molar-refractivity contribution is 6.09. The van der Waals surface area contributed by atoms with E-state index >= 15 is 0 Å². The van der Waals surface area contributed by atoms with Crippen molar-refractivity contribution in [3.05, 3.63) is 76.1 Å². The number of nitrogens with zero attached hydrogens (tertiary/aromatic N) is 2. The molecule has 6 nitrogen and oxygen atoms in total. The molecule has 3 aromatic rings. The number of rotatable bonds is 4. The van der Waals surface area contributed by atoms with Gasteiger partial charge in [-0.1, -0.05) is 29.8 Å². The minimum atomic E-state index is -0.566. The van der Waals surface area contributed by atoms with Crippen LogP contribution in [0.1, 0.15) is 49.7 Å². The van der Waals surface area contributed by atoms with E-state index in [0.717, 1.165) is 41.8 Å². The molecule has 1 heterocycles. The normalized spacial score (nSPS) is 12.6. The van der Waals surface area contributed by atoms with E-state index < -0.39 is 5.91 Å². The first-order chi connectivity index (χ1) is 13.5. The lowest BCUT2D eigenvalue weighted by atomic mass is 10.1. The molecule has 2 aromatic carbocycles. The molecule has 0 saturated carbocycles. The predicted molar refractivity (Wildman–Crippen MR) is 108 cm³/mol. The molecule has 4 rings (SSSR count). The molecule has 0 radical (unpaired) electrons. The third-order valence-electron chi connectivity index (χ3n) is 5.19. The fourth-order valence-corrected chi connectivity index (χ4v) is 3.80. The van der Waals surface area contributed by atoms with E-state index in [1.165, 1.54) is 5.56 Å². The van der Waals surface area contributed by atoms with Gasteiger partial charge < -0.3 is 11.1 Å². The first kappa shape index (κ1) is 18.0. The molecule has 28 heavy (non-hydrogen) atoms. The number of nitrogens with one attached hydrogen (secondary N) is 1. The summed E-state index contributed by atoms with van der Waals surface area (Å²) in [4.78, 5) is 24.8. The molecule has 0 fully saturated rings. The topological polar surface area (TPSA) is 90.0 Å². The molecular formula is C22H22N4O2. The summed E-state index contributed by atoms with van der Waals surface area (Å²) >= 11 is 0. The Morgan fingerprint density at radius 2 is 1.82 bits per heavy atom. The number of hydrogen-bond donors (Lipinski definition) is 2. The zero-order valence-corrected chi connectivity index (χ0v) is 16.0. The van der Waals surface area contributed by atoms with Crippen molar-refractivity contribution in [2.75, 3.05) is 5.32 Å². The number of carbonyl (C=O) groups excluding carboxylic acids is 2. The highest BCUT2D eigenvalue weighted by Gasteiger charge is 2.27. The lowest BCUT2D eigenvalue weighted by molar-refractivity contribution is 0.100. The summed E-state index contributed by atoms with van der Waals surface area (Å²) in [6.07, 6.45) is 2.71. The van der Waals surface area contributed by atoms with E-state index in [4.69, 9.17) is 5.73 Å². The quantitative estimate of drug-likeness (QED) is 0.734. The van der Waals surface area contributed by atoms with Gasteiger partial charge in [0.15, 0.2) is 5.69 Å². The van der Waals surface area contributed by atoms with E-state index in [2.05, 4.69) is 10.4 Å². The van der Waals surface area contributed by atoms with Gasteiger partial charge in [0.2, 0.25) is 0 Å². The van der Waals surface area contributed by atoms with Gasteiger partial charge in [-0.15, -0.1) is 0 Å². The van der Waals surface area contributed by atoms with Gasteiger partial charge in [0.1, 0.15) is 0 Å². The van der Waals surface area contributed by atoms with Crippen molar-refractivity contribution < 1.29 is 9.59 Å². The van der Waals surface area contributed by atoms with Crippen LogP contribution in [-0.2, 0) is 12.8 Å². The van der Waals surface area contributed by atoms with Gasteiger partial charge >= 0.3 is 0 Å². The lowest BCUT2D eigenvalue weighted by Gasteiger charge is -2.10. The second kappa shape index (κ2) is 6.96. The van der Waals surface area contributed by atoms with E-state index in [0.29, 0.717) is 16.9 Å². The molecule has 3 N–H and O–H groups in total. The van der Waals surface area contributed by atoms with Crippen LogP contribution in [0, 0.1) is 13.8 Å². The van der Waals surface area contributed by atoms with Gasteiger partial charge in [0.25, 0.3) is 11.8 Å². The second-order valence-corrected chi connectivity index (χ2v) is 7.19. The summed E-state index contributed by atoms with van der Waals surface area (Å²) < 4.78 is 1.86. The Balaban J connectivity index is 1.72. The van der Waals surface area contributed by atoms with Crippen molar-refractivity contribution in [3.63, 3.8) is 0 Å². The number of aromatic nitrogens is 2. The Morgan fingerprint density at radius 3 is 2.54 bits per heavy atom. The molecule has 0 atom stereocenters. The number of fused-ring (bicyclic) bond motifs is 1. The molecular weight excluding hydrogens is 352 g/mol. The summed E-state index contributed by atoms with van der Waals surface area (Å²) in [5.74, 6) is -0.888. The molecule has 0 saturated heterocycles. The first-order valence-electron chi connectivity index (χ1n) is 9.34. The molecule has 0 spiro atoms. The van der Waals surface area contributed by atoms with Crippen LogP contribution in [0.2, 0.25) is 0 Å². The van der Waals surface area contributed by atoms with E-state index in [9.17, 15) is 9.59 Å². The largest absolute Gasteiger partial charge is 0.366 e. The molecule has 1 aliphatic carbocycles. The number of anilines is 1.